The fraction of sp³-hybridized carbons (Fsp3) is 0.160. The normalized spacial score (nSPS) is 12.6. The fourth-order valence-corrected chi connectivity index (χ4v) is 3.20. The smallest absolute Gasteiger partial charge is 0.326 e. The second-order valence-electron chi connectivity index (χ2n) is 7.13. The van der Waals surface area contributed by atoms with Crippen LogP contribution in [0.2, 0.25) is 0 Å². The van der Waals surface area contributed by atoms with Gasteiger partial charge < -0.3 is 10.4 Å². The molecule has 2 unspecified atom stereocenters. The van der Waals surface area contributed by atoms with E-state index in [0.717, 1.165) is 5.56 Å². The third-order valence-electron chi connectivity index (χ3n) is 4.98. The number of hydrogen-bond acceptors (Lipinski definition) is 3. The van der Waals surface area contributed by atoms with Crippen molar-refractivity contribution >= 4 is 17.7 Å². The van der Waals surface area contributed by atoms with E-state index in [1.165, 1.54) is 0 Å². The van der Waals surface area contributed by atoms with Crippen LogP contribution in [0.3, 0.4) is 0 Å². The molecule has 5 heteroatoms. The second kappa shape index (κ2) is 9.65. The molecule has 2 N–H and O–H groups in total. The summed E-state index contributed by atoms with van der Waals surface area (Å²) in [7, 11) is 0. The molecule has 0 saturated carbocycles. The highest BCUT2D eigenvalue weighted by Crippen LogP contribution is 2.19. The predicted molar refractivity (Wildman–Crippen MR) is 114 cm³/mol. The number of carbonyl (C=O) groups is 3. The van der Waals surface area contributed by atoms with Gasteiger partial charge in [0.25, 0.3) is 0 Å². The molecule has 0 bridgehead atoms. The summed E-state index contributed by atoms with van der Waals surface area (Å²) in [6, 6.07) is 23.9. The van der Waals surface area contributed by atoms with E-state index in [9.17, 15) is 19.5 Å². The van der Waals surface area contributed by atoms with Gasteiger partial charge in [0, 0.05) is 17.5 Å². The van der Waals surface area contributed by atoms with Crippen molar-refractivity contribution in [1.29, 1.82) is 0 Å². The van der Waals surface area contributed by atoms with Crippen molar-refractivity contribution in [2.24, 2.45) is 0 Å². The number of benzene rings is 3. The number of nitrogens with one attached hydrogen (secondary N) is 1. The molecule has 0 spiro atoms. The van der Waals surface area contributed by atoms with Crippen LogP contribution >= 0.6 is 0 Å². The molecule has 0 fully saturated rings. The van der Waals surface area contributed by atoms with Crippen molar-refractivity contribution in [2.45, 2.75) is 25.3 Å². The van der Waals surface area contributed by atoms with E-state index in [1.807, 2.05) is 36.4 Å². The molecule has 0 aliphatic rings. The van der Waals surface area contributed by atoms with E-state index in [1.54, 1.807) is 55.5 Å². The number of amides is 1. The minimum absolute atomic E-state index is 0.127. The molecule has 5 nitrogen and oxygen atoms in total. The molecule has 3 aromatic rings. The zero-order valence-electron chi connectivity index (χ0n) is 16.6. The Morgan fingerprint density at radius 2 is 1.43 bits per heavy atom. The topological polar surface area (TPSA) is 83.5 Å². The van der Waals surface area contributed by atoms with Crippen LogP contribution in [0.25, 0.3) is 0 Å². The Morgan fingerprint density at radius 1 is 0.833 bits per heavy atom. The highest BCUT2D eigenvalue weighted by Gasteiger charge is 2.24. The maximum atomic E-state index is 12.7. The highest BCUT2D eigenvalue weighted by molar-refractivity contribution is 6.09. The first-order valence-electron chi connectivity index (χ1n) is 9.72. The van der Waals surface area contributed by atoms with Crippen molar-refractivity contribution in [2.75, 3.05) is 0 Å². The maximum absolute atomic E-state index is 12.7. The third-order valence-corrected chi connectivity index (χ3v) is 4.98. The number of carboxylic acids is 1. The lowest BCUT2D eigenvalue weighted by molar-refractivity contribution is -0.141. The summed E-state index contributed by atoms with van der Waals surface area (Å²) in [5.74, 6) is -2.22. The summed E-state index contributed by atoms with van der Waals surface area (Å²) >= 11 is 0. The van der Waals surface area contributed by atoms with Gasteiger partial charge in [0.15, 0.2) is 5.78 Å². The zero-order chi connectivity index (χ0) is 21.5. The minimum atomic E-state index is -1.09. The summed E-state index contributed by atoms with van der Waals surface area (Å²) in [6.07, 6.45) is 0.196. The van der Waals surface area contributed by atoms with Gasteiger partial charge in [-0.15, -0.1) is 0 Å². The van der Waals surface area contributed by atoms with Gasteiger partial charge in [0.05, 0.1) is 5.92 Å². The lowest BCUT2D eigenvalue weighted by atomic mass is 9.94. The van der Waals surface area contributed by atoms with Crippen LogP contribution in [0.1, 0.15) is 39.9 Å². The quantitative estimate of drug-likeness (QED) is 0.562. The van der Waals surface area contributed by atoms with Gasteiger partial charge in [0.1, 0.15) is 6.04 Å². The van der Waals surface area contributed by atoms with Crippen molar-refractivity contribution in [3.05, 3.63) is 107 Å². The van der Waals surface area contributed by atoms with E-state index in [-0.39, 0.29) is 12.2 Å². The number of rotatable bonds is 8. The number of carbonyl (C=O) groups excluding carboxylic acids is 2. The van der Waals surface area contributed by atoms with E-state index in [4.69, 9.17) is 0 Å². The van der Waals surface area contributed by atoms with Crippen molar-refractivity contribution in [1.82, 2.24) is 5.32 Å². The maximum Gasteiger partial charge on any atom is 0.326 e. The lowest BCUT2D eigenvalue weighted by Crippen LogP contribution is -2.44. The van der Waals surface area contributed by atoms with Crippen LogP contribution in [0.5, 0.6) is 0 Å². The minimum Gasteiger partial charge on any atom is -0.480 e. The first kappa shape index (κ1) is 21.0. The van der Waals surface area contributed by atoms with E-state index < -0.39 is 23.8 Å². The van der Waals surface area contributed by atoms with E-state index in [2.05, 4.69) is 5.32 Å². The predicted octanol–water partition coefficient (Wildman–Crippen LogP) is 3.83. The molecule has 30 heavy (non-hydrogen) atoms. The van der Waals surface area contributed by atoms with Gasteiger partial charge in [-0.05, 0) is 24.1 Å². The Hall–Kier alpha value is -3.73. The lowest BCUT2D eigenvalue weighted by Gasteiger charge is -2.18. The molecule has 0 aromatic heterocycles. The molecular weight excluding hydrogens is 378 g/mol. The molecule has 3 rings (SSSR count). The van der Waals surface area contributed by atoms with E-state index in [0.29, 0.717) is 16.7 Å². The first-order valence-corrected chi connectivity index (χ1v) is 9.72. The largest absolute Gasteiger partial charge is 0.480 e. The zero-order valence-corrected chi connectivity index (χ0v) is 16.6. The van der Waals surface area contributed by atoms with Gasteiger partial charge in [-0.3, -0.25) is 9.59 Å². The van der Waals surface area contributed by atoms with Gasteiger partial charge in [-0.1, -0.05) is 78.9 Å². The molecule has 0 saturated heterocycles. The molecular formula is C25H23NO4. The average Bonchev–Trinajstić information content (AvgIpc) is 2.78. The number of carboxylic acid groups (broad SMARTS) is 1. The van der Waals surface area contributed by atoms with Crippen molar-refractivity contribution < 1.29 is 19.5 Å². The van der Waals surface area contributed by atoms with Gasteiger partial charge in [-0.2, -0.15) is 0 Å². The van der Waals surface area contributed by atoms with Crippen LogP contribution in [-0.2, 0) is 16.0 Å². The first-order chi connectivity index (χ1) is 14.5. The summed E-state index contributed by atoms with van der Waals surface area (Å²) < 4.78 is 0. The molecule has 152 valence electrons. The van der Waals surface area contributed by atoms with Gasteiger partial charge in [0.2, 0.25) is 5.91 Å². The molecule has 0 heterocycles. The van der Waals surface area contributed by atoms with Gasteiger partial charge >= 0.3 is 5.97 Å². The Bertz CT molecular complexity index is 1030. The summed E-state index contributed by atoms with van der Waals surface area (Å²) in [4.78, 5) is 37.1. The van der Waals surface area contributed by atoms with Crippen molar-refractivity contribution in [3.8, 4) is 0 Å². The van der Waals surface area contributed by atoms with Gasteiger partial charge in [-0.25, -0.2) is 4.79 Å². The van der Waals surface area contributed by atoms with Crippen LogP contribution in [0.15, 0.2) is 84.9 Å². The SMILES string of the molecule is CC(C(=O)NC(Cc1ccccc1)C(=O)O)c1cccc(C(=O)c2ccccc2)c1. The molecule has 0 radical (unpaired) electrons. The third kappa shape index (κ3) is 5.20. The monoisotopic (exact) mass is 401 g/mol. The summed E-state index contributed by atoms with van der Waals surface area (Å²) in [5.41, 5.74) is 2.53. The van der Waals surface area contributed by atoms with Crippen LogP contribution < -0.4 is 5.32 Å². The number of ketones is 1. The Kier molecular flexibility index (Phi) is 6.75. The second-order valence-corrected chi connectivity index (χ2v) is 7.13. The Balaban J connectivity index is 1.73. The molecule has 0 aliphatic heterocycles. The molecule has 1 amide bonds. The fourth-order valence-electron chi connectivity index (χ4n) is 3.20. The Morgan fingerprint density at radius 3 is 2.07 bits per heavy atom. The van der Waals surface area contributed by atoms with Crippen LogP contribution in [-0.4, -0.2) is 28.8 Å². The summed E-state index contributed by atoms with van der Waals surface area (Å²) in [6.45, 7) is 1.70. The standard InChI is InChI=1S/C25H23NO4/c1-17(24(28)26-22(25(29)30)15-18-9-4-2-5-10-18)20-13-8-14-21(16-20)23(27)19-11-6-3-7-12-19/h2-14,16-17,22H,15H2,1H3,(H,26,28)(H,29,30). The molecule has 2 atom stereocenters. The number of hydrogen-bond donors (Lipinski definition) is 2. The highest BCUT2D eigenvalue weighted by atomic mass is 16.4. The van der Waals surface area contributed by atoms with Crippen molar-refractivity contribution in [3.63, 3.8) is 0 Å². The Labute approximate surface area is 175 Å². The summed E-state index contributed by atoms with van der Waals surface area (Å²) in [5, 5.41) is 12.1. The van der Waals surface area contributed by atoms with Crippen LogP contribution in [0.4, 0.5) is 0 Å². The molecule has 0 aliphatic carbocycles. The van der Waals surface area contributed by atoms with Crippen LogP contribution in [0, 0.1) is 0 Å². The average molecular weight is 401 g/mol. The van der Waals surface area contributed by atoms with E-state index >= 15 is 0 Å². The number of aliphatic carboxylic acids is 1. The molecule has 3 aromatic carbocycles.